The Hall–Kier alpha value is -2.61. The molecule has 0 saturated heterocycles. The number of carbonyl (C=O) groups is 1. The van der Waals surface area contributed by atoms with Crippen LogP contribution in [0.5, 0.6) is 0 Å². The van der Waals surface area contributed by atoms with Crippen molar-refractivity contribution in [3.05, 3.63) is 53.5 Å². The molecule has 2 heterocycles. The molecule has 0 radical (unpaired) electrons. The Morgan fingerprint density at radius 2 is 2.04 bits per heavy atom. The number of nitrogens with zero attached hydrogens (tertiary/aromatic N) is 5. The zero-order valence-electron chi connectivity index (χ0n) is 14.3. The van der Waals surface area contributed by atoms with Gasteiger partial charge < -0.3 is 9.32 Å². The van der Waals surface area contributed by atoms with E-state index in [2.05, 4.69) is 15.5 Å². The van der Waals surface area contributed by atoms with Crippen LogP contribution >= 0.6 is 11.8 Å². The molecule has 3 aromatic rings. The van der Waals surface area contributed by atoms with E-state index >= 15 is 0 Å². The van der Waals surface area contributed by atoms with E-state index < -0.39 is 0 Å². The molecule has 0 atom stereocenters. The molecule has 0 N–H and O–H groups in total. The van der Waals surface area contributed by atoms with Crippen LogP contribution in [0.25, 0.3) is 5.69 Å². The number of hydrogen-bond acceptors (Lipinski definition) is 6. The lowest BCUT2D eigenvalue weighted by atomic mass is 10.2. The molecule has 130 valence electrons. The Bertz CT molecular complexity index is 873. The smallest absolute Gasteiger partial charge is 0.233 e. The number of amides is 1. The van der Waals surface area contributed by atoms with Crippen LogP contribution in [-0.4, -0.2) is 43.8 Å². The molecule has 1 aromatic carbocycles. The Morgan fingerprint density at radius 1 is 1.24 bits per heavy atom. The minimum absolute atomic E-state index is 0.0154. The molecule has 0 unspecified atom stereocenters. The fourth-order valence-electron chi connectivity index (χ4n) is 2.35. The Kier molecular flexibility index (Phi) is 5.18. The number of para-hydroxylation sites is 1. The van der Waals surface area contributed by atoms with E-state index in [1.807, 2.05) is 50.2 Å². The van der Waals surface area contributed by atoms with Crippen molar-refractivity contribution in [1.29, 1.82) is 0 Å². The summed E-state index contributed by atoms with van der Waals surface area (Å²) in [4.78, 5) is 14.0. The first-order valence-electron chi connectivity index (χ1n) is 7.81. The van der Waals surface area contributed by atoms with Gasteiger partial charge in [-0.1, -0.05) is 30.0 Å². The number of benzene rings is 1. The number of furan rings is 1. The van der Waals surface area contributed by atoms with E-state index in [1.54, 1.807) is 16.6 Å². The summed E-state index contributed by atoms with van der Waals surface area (Å²) >= 11 is 1.31. The van der Waals surface area contributed by atoms with Gasteiger partial charge in [-0.2, -0.15) is 4.68 Å². The fraction of sp³-hybridized carbons (Fsp3) is 0.294. The number of rotatable bonds is 6. The van der Waals surface area contributed by atoms with Crippen LogP contribution in [0, 0.1) is 13.8 Å². The average molecular weight is 357 g/mol. The molecular weight excluding hydrogens is 338 g/mol. The minimum atomic E-state index is -0.0154. The van der Waals surface area contributed by atoms with Crippen molar-refractivity contribution in [2.45, 2.75) is 25.5 Å². The number of aryl methyl sites for hydroxylation is 2. The monoisotopic (exact) mass is 357 g/mol. The first-order valence-corrected chi connectivity index (χ1v) is 8.79. The Labute approximate surface area is 150 Å². The third-order valence-corrected chi connectivity index (χ3v) is 4.63. The number of tetrazole rings is 1. The van der Waals surface area contributed by atoms with Gasteiger partial charge in [0.1, 0.15) is 11.5 Å². The van der Waals surface area contributed by atoms with Crippen molar-refractivity contribution < 1.29 is 9.21 Å². The first-order chi connectivity index (χ1) is 12.0. The van der Waals surface area contributed by atoms with Crippen molar-refractivity contribution in [3.63, 3.8) is 0 Å². The van der Waals surface area contributed by atoms with Gasteiger partial charge in [-0.05, 0) is 48.0 Å². The molecule has 0 aliphatic rings. The van der Waals surface area contributed by atoms with Crippen molar-refractivity contribution in [2.75, 3.05) is 12.8 Å². The Balaban J connectivity index is 1.63. The Morgan fingerprint density at radius 3 is 2.76 bits per heavy atom. The fourth-order valence-corrected chi connectivity index (χ4v) is 3.17. The highest BCUT2D eigenvalue weighted by molar-refractivity contribution is 7.99. The van der Waals surface area contributed by atoms with E-state index in [9.17, 15) is 4.79 Å². The molecule has 0 bridgehead atoms. The third kappa shape index (κ3) is 4.08. The van der Waals surface area contributed by atoms with Gasteiger partial charge in [-0.25, -0.2) is 0 Å². The van der Waals surface area contributed by atoms with Gasteiger partial charge in [0, 0.05) is 7.05 Å². The standard InChI is InChI=1S/C17H19N5O2S/c1-12-6-4-5-7-15(12)22-17(18-19-20-22)25-11-16(23)21(3)10-14-9-8-13(2)24-14/h4-9H,10-11H2,1-3H3. The summed E-state index contributed by atoms with van der Waals surface area (Å²) in [5, 5.41) is 12.4. The molecular formula is C17H19N5O2S. The molecule has 0 aliphatic carbocycles. The molecule has 2 aromatic heterocycles. The maximum Gasteiger partial charge on any atom is 0.233 e. The second kappa shape index (κ2) is 7.52. The van der Waals surface area contributed by atoms with Crippen LogP contribution < -0.4 is 0 Å². The predicted octanol–water partition coefficient (Wildman–Crippen LogP) is 2.62. The zero-order chi connectivity index (χ0) is 17.8. The number of carbonyl (C=O) groups excluding carboxylic acids is 1. The van der Waals surface area contributed by atoms with Crippen molar-refractivity contribution in [1.82, 2.24) is 25.1 Å². The lowest BCUT2D eigenvalue weighted by Crippen LogP contribution is -2.27. The van der Waals surface area contributed by atoms with Gasteiger partial charge in [0.05, 0.1) is 18.0 Å². The van der Waals surface area contributed by atoms with E-state index in [-0.39, 0.29) is 11.7 Å². The molecule has 25 heavy (non-hydrogen) atoms. The lowest BCUT2D eigenvalue weighted by molar-refractivity contribution is -0.127. The normalized spacial score (nSPS) is 10.8. The summed E-state index contributed by atoms with van der Waals surface area (Å²) in [6.45, 7) is 4.32. The van der Waals surface area contributed by atoms with Gasteiger partial charge in [0.15, 0.2) is 0 Å². The van der Waals surface area contributed by atoms with Gasteiger partial charge in [0.2, 0.25) is 11.1 Å². The van der Waals surface area contributed by atoms with Gasteiger partial charge >= 0.3 is 0 Å². The molecule has 0 aliphatic heterocycles. The van der Waals surface area contributed by atoms with Crippen LogP contribution in [0.3, 0.4) is 0 Å². The number of hydrogen-bond donors (Lipinski definition) is 0. The second-order valence-electron chi connectivity index (χ2n) is 5.71. The quantitative estimate of drug-likeness (QED) is 0.631. The van der Waals surface area contributed by atoms with Gasteiger partial charge in [0.25, 0.3) is 0 Å². The van der Waals surface area contributed by atoms with Gasteiger partial charge in [-0.3, -0.25) is 4.79 Å². The summed E-state index contributed by atoms with van der Waals surface area (Å²) < 4.78 is 7.16. The molecule has 0 spiro atoms. The maximum atomic E-state index is 12.3. The average Bonchev–Trinajstić information content (AvgIpc) is 3.22. The van der Waals surface area contributed by atoms with E-state index in [0.717, 1.165) is 22.8 Å². The summed E-state index contributed by atoms with van der Waals surface area (Å²) in [7, 11) is 1.76. The van der Waals surface area contributed by atoms with Crippen LogP contribution in [0.4, 0.5) is 0 Å². The van der Waals surface area contributed by atoms with Crippen LogP contribution in [0.1, 0.15) is 17.1 Å². The van der Waals surface area contributed by atoms with E-state index in [0.29, 0.717) is 11.7 Å². The number of thioether (sulfide) groups is 1. The highest BCUT2D eigenvalue weighted by Crippen LogP contribution is 2.21. The van der Waals surface area contributed by atoms with Crippen molar-refractivity contribution in [3.8, 4) is 5.69 Å². The second-order valence-corrected chi connectivity index (χ2v) is 6.65. The van der Waals surface area contributed by atoms with Crippen molar-refractivity contribution >= 4 is 17.7 Å². The number of aromatic nitrogens is 4. The van der Waals surface area contributed by atoms with Crippen LogP contribution in [0.2, 0.25) is 0 Å². The molecule has 3 rings (SSSR count). The maximum absolute atomic E-state index is 12.3. The third-order valence-electron chi connectivity index (χ3n) is 3.72. The van der Waals surface area contributed by atoms with Crippen molar-refractivity contribution in [2.24, 2.45) is 0 Å². The highest BCUT2D eigenvalue weighted by Gasteiger charge is 2.16. The molecule has 1 amide bonds. The van der Waals surface area contributed by atoms with Crippen LogP contribution in [-0.2, 0) is 11.3 Å². The predicted molar refractivity (Wildman–Crippen MR) is 94.5 cm³/mol. The highest BCUT2D eigenvalue weighted by atomic mass is 32.2. The van der Waals surface area contributed by atoms with Gasteiger partial charge in [-0.15, -0.1) is 5.10 Å². The summed E-state index contributed by atoms with van der Waals surface area (Å²) in [6, 6.07) is 11.6. The minimum Gasteiger partial charge on any atom is -0.464 e. The van der Waals surface area contributed by atoms with E-state index in [1.165, 1.54) is 11.8 Å². The first kappa shape index (κ1) is 17.2. The zero-order valence-corrected chi connectivity index (χ0v) is 15.2. The molecule has 0 saturated carbocycles. The summed E-state index contributed by atoms with van der Waals surface area (Å²) in [5.41, 5.74) is 1.97. The lowest BCUT2D eigenvalue weighted by Gasteiger charge is -2.15. The summed E-state index contributed by atoms with van der Waals surface area (Å²) in [5.74, 6) is 1.84. The largest absolute Gasteiger partial charge is 0.464 e. The van der Waals surface area contributed by atoms with Crippen LogP contribution in [0.15, 0.2) is 46.0 Å². The summed E-state index contributed by atoms with van der Waals surface area (Å²) in [6.07, 6.45) is 0. The molecule has 7 nitrogen and oxygen atoms in total. The van der Waals surface area contributed by atoms with E-state index in [4.69, 9.17) is 4.42 Å². The molecule has 0 fully saturated rings. The SMILES string of the molecule is Cc1ccc(CN(C)C(=O)CSc2nnnn2-c2ccccc2C)o1. The molecule has 8 heteroatoms. The topological polar surface area (TPSA) is 77.1 Å².